The maximum Gasteiger partial charge on any atom is 0.253 e. The number of rotatable bonds is 2. The van der Waals surface area contributed by atoms with Crippen LogP contribution >= 0.6 is 11.6 Å². The van der Waals surface area contributed by atoms with Crippen LogP contribution in [-0.4, -0.2) is 23.2 Å². The first-order valence-electron chi connectivity index (χ1n) is 6.12. The molecule has 1 fully saturated rings. The smallest absolute Gasteiger partial charge is 0.253 e. The monoisotopic (exact) mass is 289 g/mol. The third-order valence-electron chi connectivity index (χ3n) is 3.30. The summed E-state index contributed by atoms with van der Waals surface area (Å²) in [4.78, 5) is 11.9. The van der Waals surface area contributed by atoms with Crippen LogP contribution in [0.1, 0.15) is 36.0 Å². The molecule has 1 aliphatic rings. The second-order valence-corrected chi connectivity index (χ2v) is 5.09. The van der Waals surface area contributed by atoms with E-state index >= 15 is 0 Å². The van der Waals surface area contributed by atoms with Crippen LogP contribution in [0, 0.1) is 11.6 Å². The molecule has 3 nitrogen and oxygen atoms in total. The molecule has 2 N–H and O–H groups in total. The maximum atomic E-state index is 13.1. The van der Waals surface area contributed by atoms with Crippen molar-refractivity contribution in [2.45, 2.75) is 37.8 Å². The molecule has 1 amide bonds. The van der Waals surface area contributed by atoms with Crippen LogP contribution in [0.5, 0.6) is 0 Å². The minimum Gasteiger partial charge on any atom is -0.391 e. The van der Waals surface area contributed by atoms with Gasteiger partial charge in [0.15, 0.2) is 11.6 Å². The first-order valence-corrected chi connectivity index (χ1v) is 6.50. The highest BCUT2D eigenvalue weighted by Gasteiger charge is 2.26. The Morgan fingerprint density at radius 1 is 1.26 bits per heavy atom. The first-order chi connectivity index (χ1) is 8.99. The molecule has 0 radical (unpaired) electrons. The van der Waals surface area contributed by atoms with Crippen molar-refractivity contribution in [2.75, 3.05) is 0 Å². The summed E-state index contributed by atoms with van der Waals surface area (Å²) in [6, 6.07) is 1.16. The Balaban J connectivity index is 2.13. The molecule has 19 heavy (non-hydrogen) atoms. The molecule has 1 aromatic rings. The summed E-state index contributed by atoms with van der Waals surface area (Å²) in [5.41, 5.74) is -0.127. The van der Waals surface area contributed by atoms with Crippen molar-refractivity contribution in [1.29, 1.82) is 0 Å². The van der Waals surface area contributed by atoms with Crippen molar-refractivity contribution in [3.63, 3.8) is 0 Å². The lowest BCUT2D eigenvalue weighted by Crippen LogP contribution is -2.45. The van der Waals surface area contributed by atoms with Gasteiger partial charge in [0.2, 0.25) is 0 Å². The number of hydrogen-bond donors (Lipinski definition) is 2. The number of benzene rings is 1. The lowest BCUT2D eigenvalue weighted by Gasteiger charge is -2.28. The Bertz CT molecular complexity index is 496. The van der Waals surface area contributed by atoms with E-state index in [0.29, 0.717) is 12.8 Å². The molecule has 0 aliphatic heterocycles. The quantitative estimate of drug-likeness (QED) is 0.822. The van der Waals surface area contributed by atoms with E-state index < -0.39 is 23.6 Å². The Kier molecular flexibility index (Phi) is 4.37. The lowest BCUT2D eigenvalue weighted by molar-refractivity contribution is 0.0717. The Labute approximate surface area is 114 Å². The van der Waals surface area contributed by atoms with Gasteiger partial charge in [-0.25, -0.2) is 8.78 Å². The first kappa shape index (κ1) is 14.2. The molecule has 2 rings (SSSR count). The van der Waals surface area contributed by atoms with Gasteiger partial charge in [-0.3, -0.25) is 4.79 Å². The fraction of sp³-hybridized carbons (Fsp3) is 0.462. The van der Waals surface area contributed by atoms with Crippen LogP contribution in [0.3, 0.4) is 0 Å². The van der Waals surface area contributed by atoms with Crippen LogP contribution < -0.4 is 5.32 Å². The summed E-state index contributed by atoms with van der Waals surface area (Å²) in [5, 5.41) is 12.2. The molecule has 1 saturated carbocycles. The number of carbonyl (C=O) groups is 1. The minimum absolute atomic E-state index is 0.127. The summed E-state index contributed by atoms with van der Waals surface area (Å²) in [6.45, 7) is 0. The Morgan fingerprint density at radius 3 is 2.58 bits per heavy atom. The molecule has 0 saturated heterocycles. The zero-order chi connectivity index (χ0) is 14.0. The fourth-order valence-corrected chi connectivity index (χ4v) is 2.46. The summed E-state index contributed by atoms with van der Waals surface area (Å²) in [7, 11) is 0. The molecule has 2 atom stereocenters. The van der Waals surface area contributed by atoms with Gasteiger partial charge >= 0.3 is 0 Å². The van der Waals surface area contributed by atoms with Crippen molar-refractivity contribution in [3.05, 3.63) is 34.4 Å². The normalized spacial score (nSPS) is 23.2. The van der Waals surface area contributed by atoms with E-state index in [1.807, 2.05) is 0 Å². The van der Waals surface area contributed by atoms with Gasteiger partial charge in [0, 0.05) is 0 Å². The Morgan fingerprint density at radius 2 is 1.89 bits per heavy atom. The van der Waals surface area contributed by atoms with Gasteiger partial charge in [0.05, 0.1) is 22.7 Å². The van der Waals surface area contributed by atoms with E-state index in [-0.39, 0.29) is 16.6 Å². The zero-order valence-electron chi connectivity index (χ0n) is 10.1. The molecular weight excluding hydrogens is 276 g/mol. The highest BCUT2D eigenvalue weighted by atomic mass is 35.5. The largest absolute Gasteiger partial charge is 0.391 e. The van der Waals surface area contributed by atoms with Crippen molar-refractivity contribution >= 4 is 17.5 Å². The molecule has 0 heterocycles. The summed E-state index contributed by atoms with van der Waals surface area (Å²) >= 11 is 5.72. The number of nitrogens with one attached hydrogen (secondary N) is 1. The molecule has 1 aromatic carbocycles. The molecule has 6 heteroatoms. The van der Waals surface area contributed by atoms with Crippen molar-refractivity contribution < 1.29 is 18.7 Å². The molecule has 1 aliphatic carbocycles. The zero-order valence-corrected chi connectivity index (χ0v) is 10.9. The number of aliphatic hydroxyl groups excluding tert-OH is 1. The SMILES string of the molecule is O=C(NC1CCCCC1O)c1cc(F)c(F)cc1Cl. The van der Waals surface area contributed by atoms with Crippen molar-refractivity contribution in [3.8, 4) is 0 Å². The van der Waals surface area contributed by atoms with E-state index in [4.69, 9.17) is 11.6 Å². The second-order valence-electron chi connectivity index (χ2n) is 4.68. The molecule has 0 spiro atoms. The number of amides is 1. The van der Waals surface area contributed by atoms with Crippen LogP contribution in [-0.2, 0) is 0 Å². The minimum atomic E-state index is -1.13. The van der Waals surface area contributed by atoms with Crippen LogP contribution in [0.15, 0.2) is 12.1 Å². The highest BCUT2D eigenvalue weighted by Crippen LogP contribution is 2.22. The van der Waals surface area contributed by atoms with E-state index in [1.165, 1.54) is 0 Å². The van der Waals surface area contributed by atoms with Gasteiger partial charge in [0.25, 0.3) is 5.91 Å². The average Bonchev–Trinajstić information content (AvgIpc) is 2.36. The molecule has 104 valence electrons. The maximum absolute atomic E-state index is 13.1. The predicted molar refractivity (Wildman–Crippen MR) is 67.1 cm³/mol. The van der Waals surface area contributed by atoms with Gasteiger partial charge in [-0.15, -0.1) is 0 Å². The summed E-state index contributed by atoms with van der Waals surface area (Å²) < 4.78 is 26.0. The van der Waals surface area contributed by atoms with E-state index in [0.717, 1.165) is 25.0 Å². The summed E-state index contributed by atoms with van der Waals surface area (Å²) in [6.07, 6.45) is 2.50. The van der Waals surface area contributed by atoms with Crippen molar-refractivity contribution in [1.82, 2.24) is 5.32 Å². The average molecular weight is 290 g/mol. The molecule has 0 aromatic heterocycles. The molecular formula is C13H14ClF2NO2. The fourth-order valence-electron chi connectivity index (χ4n) is 2.22. The number of carbonyl (C=O) groups excluding carboxylic acids is 1. The third kappa shape index (κ3) is 3.22. The second kappa shape index (κ2) is 5.84. The molecule has 2 unspecified atom stereocenters. The van der Waals surface area contributed by atoms with E-state index in [2.05, 4.69) is 5.32 Å². The number of halogens is 3. The van der Waals surface area contributed by atoms with Gasteiger partial charge in [0.1, 0.15) is 0 Å². The third-order valence-corrected chi connectivity index (χ3v) is 3.61. The number of hydrogen-bond acceptors (Lipinski definition) is 2. The topological polar surface area (TPSA) is 49.3 Å². The molecule has 0 bridgehead atoms. The van der Waals surface area contributed by atoms with E-state index in [1.54, 1.807) is 0 Å². The van der Waals surface area contributed by atoms with Gasteiger partial charge < -0.3 is 10.4 Å². The highest BCUT2D eigenvalue weighted by molar-refractivity contribution is 6.33. The standard InChI is InChI=1S/C13H14ClF2NO2/c14-8-6-10(16)9(15)5-7(8)13(19)17-11-3-1-2-4-12(11)18/h5-6,11-12,18H,1-4H2,(H,17,19). The van der Waals surface area contributed by atoms with Crippen LogP contribution in [0.4, 0.5) is 8.78 Å². The van der Waals surface area contributed by atoms with Gasteiger partial charge in [-0.2, -0.15) is 0 Å². The van der Waals surface area contributed by atoms with E-state index in [9.17, 15) is 18.7 Å². The lowest BCUT2D eigenvalue weighted by atomic mass is 9.92. The van der Waals surface area contributed by atoms with Gasteiger partial charge in [-0.05, 0) is 25.0 Å². The van der Waals surface area contributed by atoms with Crippen LogP contribution in [0.2, 0.25) is 5.02 Å². The van der Waals surface area contributed by atoms with Gasteiger partial charge in [-0.1, -0.05) is 24.4 Å². The summed E-state index contributed by atoms with van der Waals surface area (Å²) in [5.74, 6) is -2.83. The van der Waals surface area contributed by atoms with Crippen LogP contribution in [0.25, 0.3) is 0 Å². The predicted octanol–water partition coefficient (Wildman–Crippen LogP) is 2.65. The van der Waals surface area contributed by atoms with Crippen molar-refractivity contribution in [2.24, 2.45) is 0 Å². The Hall–Kier alpha value is -1.20. The number of aliphatic hydroxyl groups is 1.